The number of fused-ring (bicyclic) bond motifs is 1. The zero-order valence-electron chi connectivity index (χ0n) is 12.1. The van der Waals surface area contributed by atoms with Crippen LogP contribution in [0, 0.1) is 5.82 Å². The minimum Gasteiger partial charge on any atom is -0.369 e. The highest BCUT2D eigenvalue weighted by Gasteiger charge is 2.19. The molecule has 0 radical (unpaired) electrons. The van der Waals surface area contributed by atoms with Gasteiger partial charge in [-0.25, -0.2) is 9.37 Å². The Balaban J connectivity index is 1.91. The van der Waals surface area contributed by atoms with Crippen LogP contribution in [0.25, 0.3) is 11.0 Å². The van der Waals surface area contributed by atoms with Gasteiger partial charge in [0, 0.05) is 18.7 Å². The van der Waals surface area contributed by atoms with Crippen molar-refractivity contribution in [3.63, 3.8) is 0 Å². The van der Waals surface area contributed by atoms with Gasteiger partial charge in [-0.2, -0.15) is 0 Å². The SMILES string of the molecule is CC(CN1CCCCC1)n1c(N)nc2cc(F)c(Br)cc21. The summed E-state index contributed by atoms with van der Waals surface area (Å²) in [5.41, 5.74) is 7.54. The van der Waals surface area contributed by atoms with Gasteiger partial charge in [0.1, 0.15) is 5.82 Å². The van der Waals surface area contributed by atoms with Gasteiger partial charge in [0.2, 0.25) is 5.95 Å². The number of nitrogen functional groups attached to an aromatic ring is 1. The van der Waals surface area contributed by atoms with Gasteiger partial charge in [-0.15, -0.1) is 0 Å². The summed E-state index contributed by atoms with van der Waals surface area (Å²) < 4.78 is 16.1. The molecule has 1 atom stereocenters. The molecule has 1 aromatic heterocycles. The first-order valence-corrected chi connectivity index (χ1v) is 8.20. The number of anilines is 1. The van der Waals surface area contributed by atoms with E-state index in [-0.39, 0.29) is 11.9 Å². The van der Waals surface area contributed by atoms with E-state index in [2.05, 4.69) is 32.7 Å². The molecule has 2 aromatic rings. The number of hydrogen-bond donors (Lipinski definition) is 1. The average Bonchev–Trinajstić information content (AvgIpc) is 2.75. The van der Waals surface area contributed by atoms with Crippen molar-refractivity contribution in [2.75, 3.05) is 25.4 Å². The van der Waals surface area contributed by atoms with E-state index < -0.39 is 0 Å². The molecule has 1 fully saturated rings. The second-order valence-corrected chi connectivity index (χ2v) is 6.66. The fraction of sp³-hybridized carbons (Fsp3) is 0.533. The van der Waals surface area contributed by atoms with Gasteiger partial charge in [0.05, 0.1) is 15.5 Å². The van der Waals surface area contributed by atoms with Crippen LogP contribution in [0.1, 0.15) is 32.2 Å². The first-order chi connectivity index (χ1) is 10.1. The molecule has 0 aliphatic carbocycles. The van der Waals surface area contributed by atoms with E-state index in [0.717, 1.165) is 25.2 Å². The summed E-state index contributed by atoms with van der Waals surface area (Å²) in [6.07, 6.45) is 3.86. The van der Waals surface area contributed by atoms with Gasteiger partial charge < -0.3 is 15.2 Å². The number of likely N-dealkylation sites (tertiary alicyclic amines) is 1. The monoisotopic (exact) mass is 354 g/mol. The molecule has 114 valence electrons. The Morgan fingerprint density at radius 1 is 1.33 bits per heavy atom. The second kappa shape index (κ2) is 5.93. The Morgan fingerprint density at radius 3 is 2.76 bits per heavy atom. The molecule has 0 spiro atoms. The summed E-state index contributed by atoms with van der Waals surface area (Å²) in [6.45, 7) is 5.39. The fourth-order valence-corrected chi connectivity index (χ4v) is 3.50. The third kappa shape index (κ3) is 2.92. The van der Waals surface area contributed by atoms with Gasteiger partial charge in [-0.05, 0) is 54.9 Å². The van der Waals surface area contributed by atoms with Crippen molar-refractivity contribution in [3.8, 4) is 0 Å². The van der Waals surface area contributed by atoms with E-state index in [1.54, 1.807) is 6.07 Å². The Morgan fingerprint density at radius 2 is 2.05 bits per heavy atom. The Bertz CT molecular complexity index is 649. The van der Waals surface area contributed by atoms with Gasteiger partial charge >= 0.3 is 0 Å². The van der Waals surface area contributed by atoms with E-state index >= 15 is 0 Å². The first kappa shape index (κ1) is 14.8. The van der Waals surface area contributed by atoms with E-state index in [9.17, 15) is 4.39 Å². The Labute approximate surface area is 132 Å². The number of rotatable bonds is 3. The van der Waals surface area contributed by atoms with Crippen LogP contribution in [-0.2, 0) is 0 Å². The van der Waals surface area contributed by atoms with Crippen LogP contribution in [0.4, 0.5) is 10.3 Å². The summed E-state index contributed by atoms with van der Waals surface area (Å²) in [5.74, 6) is 0.142. The highest BCUT2D eigenvalue weighted by atomic mass is 79.9. The summed E-state index contributed by atoms with van der Waals surface area (Å²) in [5, 5.41) is 0. The largest absolute Gasteiger partial charge is 0.369 e. The highest BCUT2D eigenvalue weighted by molar-refractivity contribution is 9.10. The summed E-state index contributed by atoms with van der Waals surface area (Å²) in [6, 6.07) is 3.41. The van der Waals surface area contributed by atoms with Crippen LogP contribution >= 0.6 is 15.9 Å². The summed E-state index contributed by atoms with van der Waals surface area (Å²) in [7, 11) is 0. The number of aromatic nitrogens is 2. The van der Waals surface area contributed by atoms with Crippen molar-refractivity contribution in [3.05, 3.63) is 22.4 Å². The average molecular weight is 355 g/mol. The molecule has 21 heavy (non-hydrogen) atoms. The number of imidazole rings is 1. The number of benzene rings is 1. The van der Waals surface area contributed by atoms with Crippen molar-refractivity contribution in [1.82, 2.24) is 14.5 Å². The fourth-order valence-electron chi connectivity index (χ4n) is 3.17. The number of halogens is 2. The molecule has 1 unspecified atom stereocenters. The normalized spacial score (nSPS) is 18.2. The molecule has 1 aliphatic heterocycles. The molecule has 1 aliphatic rings. The maximum Gasteiger partial charge on any atom is 0.201 e. The smallest absolute Gasteiger partial charge is 0.201 e. The van der Waals surface area contributed by atoms with Crippen molar-refractivity contribution in [1.29, 1.82) is 0 Å². The van der Waals surface area contributed by atoms with Gasteiger partial charge in [0.15, 0.2) is 0 Å². The predicted octanol–water partition coefficient (Wildman–Crippen LogP) is 3.57. The zero-order valence-corrected chi connectivity index (χ0v) is 13.7. The maximum absolute atomic E-state index is 13.6. The lowest BCUT2D eigenvalue weighted by molar-refractivity contribution is 0.204. The number of nitrogens with two attached hydrogens (primary N) is 1. The lowest BCUT2D eigenvalue weighted by Gasteiger charge is -2.30. The number of hydrogen-bond acceptors (Lipinski definition) is 3. The highest BCUT2D eigenvalue weighted by Crippen LogP contribution is 2.28. The maximum atomic E-state index is 13.6. The van der Waals surface area contributed by atoms with E-state index in [4.69, 9.17) is 5.73 Å². The van der Waals surface area contributed by atoms with E-state index in [1.807, 2.05) is 4.57 Å². The van der Waals surface area contributed by atoms with Crippen LogP contribution in [-0.4, -0.2) is 34.1 Å². The molecule has 2 N–H and O–H groups in total. The molecular formula is C15H20BrFN4. The van der Waals surface area contributed by atoms with Crippen LogP contribution in [0.5, 0.6) is 0 Å². The van der Waals surface area contributed by atoms with E-state index in [0.29, 0.717) is 15.9 Å². The number of piperidine rings is 1. The van der Waals surface area contributed by atoms with Gasteiger partial charge in [-0.1, -0.05) is 6.42 Å². The molecule has 1 saturated heterocycles. The lowest BCUT2D eigenvalue weighted by Crippen LogP contribution is -2.34. The molecule has 0 saturated carbocycles. The minimum atomic E-state index is -0.309. The zero-order chi connectivity index (χ0) is 15.0. The van der Waals surface area contributed by atoms with Crippen LogP contribution < -0.4 is 5.73 Å². The standard InChI is InChI=1S/C15H20BrFN4/c1-10(9-20-5-3-2-4-6-20)21-14-7-11(16)12(17)8-13(14)19-15(21)18/h7-8,10H,2-6,9H2,1H3,(H2,18,19). The molecule has 6 heteroatoms. The van der Waals surface area contributed by atoms with Gasteiger partial charge in [-0.3, -0.25) is 0 Å². The quantitative estimate of drug-likeness (QED) is 0.916. The summed E-state index contributed by atoms with van der Waals surface area (Å²) in [4.78, 5) is 6.76. The van der Waals surface area contributed by atoms with Crippen LogP contribution in [0.3, 0.4) is 0 Å². The van der Waals surface area contributed by atoms with Crippen molar-refractivity contribution < 1.29 is 4.39 Å². The summed E-state index contributed by atoms with van der Waals surface area (Å²) >= 11 is 3.24. The second-order valence-electron chi connectivity index (χ2n) is 5.81. The number of nitrogens with zero attached hydrogens (tertiary/aromatic N) is 3. The molecular weight excluding hydrogens is 335 g/mol. The van der Waals surface area contributed by atoms with Gasteiger partial charge in [0.25, 0.3) is 0 Å². The topological polar surface area (TPSA) is 47.1 Å². The first-order valence-electron chi connectivity index (χ1n) is 7.41. The van der Waals surface area contributed by atoms with Crippen molar-refractivity contribution in [2.45, 2.75) is 32.2 Å². The van der Waals surface area contributed by atoms with Crippen LogP contribution in [0.2, 0.25) is 0 Å². The van der Waals surface area contributed by atoms with Crippen molar-refractivity contribution in [2.24, 2.45) is 0 Å². The molecule has 0 amide bonds. The Kier molecular flexibility index (Phi) is 4.17. The molecule has 3 rings (SSSR count). The lowest BCUT2D eigenvalue weighted by atomic mass is 10.1. The van der Waals surface area contributed by atoms with Crippen molar-refractivity contribution >= 4 is 32.9 Å². The predicted molar refractivity (Wildman–Crippen MR) is 86.8 cm³/mol. The minimum absolute atomic E-state index is 0.213. The third-order valence-electron chi connectivity index (χ3n) is 4.17. The molecule has 0 bridgehead atoms. The Hall–Kier alpha value is -1.14. The molecule has 4 nitrogen and oxygen atoms in total. The molecule has 2 heterocycles. The molecule has 1 aromatic carbocycles. The third-order valence-corrected chi connectivity index (χ3v) is 4.78. The van der Waals surface area contributed by atoms with E-state index in [1.165, 1.54) is 25.3 Å². The van der Waals surface area contributed by atoms with Crippen LogP contribution in [0.15, 0.2) is 16.6 Å².